The Kier molecular flexibility index (Phi) is 5.94. The van der Waals surface area contributed by atoms with Crippen molar-refractivity contribution >= 4 is 43.5 Å². The van der Waals surface area contributed by atoms with Crippen LogP contribution in [0.3, 0.4) is 0 Å². The van der Waals surface area contributed by atoms with E-state index in [0.717, 1.165) is 10.7 Å². The molecule has 0 bridgehead atoms. The van der Waals surface area contributed by atoms with Crippen molar-refractivity contribution in [3.63, 3.8) is 0 Å². The first kappa shape index (κ1) is 15.5. The number of benzene rings is 1. The van der Waals surface area contributed by atoms with Gasteiger partial charge in [-0.1, -0.05) is 57.3 Å². The highest BCUT2D eigenvalue weighted by Crippen LogP contribution is 2.36. The fourth-order valence-electron chi connectivity index (χ4n) is 1.70. The minimum absolute atomic E-state index is 0.00548. The average Bonchev–Trinajstić information content (AvgIpc) is 2.30. The molecule has 4 heteroatoms. The molecule has 0 heterocycles. The Hall–Kier alpha value is 0.400. The fraction of sp³-hybridized carbons (Fsp3) is 0.538. The van der Waals surface area contributed by atoms with Gasteiger partial charge in [0.05, 0.1) is 0 Å². The van der Waals surface area contributed by atoms with Crippen LogP contribution in [-0.2, 0) is 6.42 Å². The molecule has 0 aliphatic heterocycles. The van der Waals surface area contributed by atoms with Crippen LogP contribution in [-0.4, -0.2) is 10.7 Å². The van der Waals surface area contributed by atoms with Crippen molar-refractivity contribution in [2.45, 2.75) is 20.3 Å². The Morgan fingerprint density at radius 2 is 1.88 bits per heavy atom. The third-order valence-electron chi connectivity index (χ3n) is 3.31. The van der Waals surface area contributed by atoms with E-state index in [4.69, 9.17) is 11.6 Å². The summed E-state index contributed by atoms with van der Waals surface area (Å²) >= 11 is 13.0. The van der Waals surface area contributed by atoms with E-state index in [1.807, 2.05) is 0 Å². The van der Waals surface area contributed by atoms with Gasteiger partial charge in [-0.15, -0.1) is 0 Å². The highest BCUT2D eigenvalue weighted by atomic mass is 79.9. The molecular weight excluding hydrogens is 370 g/mol. The van der Waals surface area contributed by atoms with Gasteiger partial charge in [-0.3, -0.25) is 0 Å². The van der Waals surface area contributed by atoms with Crippen molar-refractivity contribution in [3.05, 3.63) is 34.6 Å². The molecule has 0 saturated heterocycles. The number of halogens is 4. The molecule has 0 N–H and O–H groups in total. The lowest BCUT2D eigenvalue weighted by Gasteiger charge is -2.34. The number of hydrogen-bond donors (Lipinski definition) is 0. The quantitative estimate of drug-likeness (QED) is 0.590. The predicted molar refractivity (Wildman–Crippen MR) is 80.0 cm³/mol. The highest BCUT2D eigenvalue weighted by Gasteiger charge is 2.32. The highest BCUT2D eigenvalue weighted by molar-refractivity contribution is 9.09. The van der Waals surface area contributed by atoms with Crippen molar-refractivity contribution in [1.82, 2.24) is 0 Å². The zero-order valence-electron chi connectivity index (χ0n) is 9.94. The maximum Gasteiger partial charge on any atom is 0.126 e. The minimum Gasteiger partial charge on any atom is -0.207 e. The summed E-state index contributed by atoms with van der Waals surface area (Å²) in [6.07, 6.45) is 0.674. The smallest absolute Gasteiger partial charge is 0.126 e. The summed E-state index contributed by atoms with van der Waals surface area (Å²) < 4.78 is 13.7. The van der Waals surface area contributed by atoms with Crippen LogP contribution < -0.4 is 0 Å². The Labute approximate surface area is 124 Å². The summed E-state index contributed by atoms with van der Waals surface area (Å²) in [7, 11) is 0. The summed E-state index contributed by atoms with van der Waals surface area (Å²) in [5.41, 5.74) is 0.691. The summed E-state index contributed by atoms with van der Waals surface area (Å²) in [5.74, 6) is 0.265. The van der Waals surface area contributed by atoms with E-state index >= 15 is 0 Å². The lowest BCUT2D eigenvalue weighted by molar-refractivity contribution is 0.265. The molecule has 96 valence electrons. The SMILES string of the molecule is CC(C)C(CBr)(CBr)Cc1cc(Cl)ccc1F. The van der Waals surface area contributed by atoms with Crippen molar-refractivity contribution in [2.75, 3.05) is 10.7 Å². The molecule has 1 aromatic carbocycles. The molecule has 0 spiro atoms. The number of rotatable bonds is 5. The van der Waals surface area contributed by atoms with Gasteiger partial charge in [0.25, 0.3) is 0 Å². The lowest BCUT2D eigenvalue weighted by Crippen LogP contribution is -2.34. The van der Waals surface area contributed by atoms with Crippen molar-refractivity contribution in [1.29, 1.82) is 0 Å². The topological polar surface area (TPSA) is 0 Å². The van der Waals surface area contributed by atoms with Gasteiger partial charge in [-0.05, 0) is 41.5 Å². The summed E-state index contributed by atoms with van der Waals surface area (Å²) in [6, 6.07) is 4.74. The van der Waals surface area contributed by atoms with Crippen LogP contribution in [0, 0.1) is 17.2 Å². The van der Waals surface area contributed by atoms with Gasteiger partial charge in [0.15, 0.2) is 0 Å². The molecule has 0 aliphatic carbocycles. The van der Waals surface area contributed by atoms with Gasteiger partial charge in [0, 0.05) is 15.7 Å². The molecule has 0 unspecified atom stereocenters. The normalized spacial score (nSPS) is 12.2. The van der Waals surface area contributed by atoms with Crippen molar-refractivity contribution in [3.8, 4) is 0 Å². The van der Waals surface area contributed by atoms with Crippen LogP contribution in [0.2, 0.25) is 5.02 Å². The van der Waals surface area contributed by atoms with Gasteiger partial charge in [-0.2, -0.15) is 0 Å². The van der Waals surface area contributed by atoms with Crippen LogP contribution in [0.1, 0.15) is 19.4 Å². The van der Waals surface area contributed by atoms with Crippen molar-refractivity contribution in [2.24, 2.45) is 11.3 Å². The maximum atomic E-state index is 13.7. The minimum atomic E-state index is -0.179. The molecule has 0 nitrogen and oxygen atoms in total. The molecule has 0 aliphatic rings. The monoisotopic (exact) mass is 384 g/mol. The van der Waals surface area contributed by atoms with Crippen LogP contribution >= 0.6 is 43.5 Å². The van der Waals surface area contributed by atoms with E-state index in [-0.39, 0.29) is 11.2 Å². The maximum absolute atomic E-state index is 13.7. The van der Waals surface area contributed by atoms with Crippen molar-refractivity contribution < 1.29 is 4.39 Å². The Balaban J connectivity index is 3.05. The predicted octanol–water partition coefficient (Wildman–Crippen LogP) is 5.45. The standard InChI is InChI=1S/C13H16Br2ClF/c1-9(2)13(7-14,8-15)6-10-5-11(16)3-4-12(10)17/h3-5,9H,6-8H2,1-2H3. The van der Waals surface area contributed by atoms with Crippen LogP contribution in [0.4, 0.5) is 4.39 Å². The largest absolute Gasteiger partial charge is 0.207 e. The molecule has 0 amide bonds. The van der Waals surface area contributed by atoms with E-state index in [1.165, 1.54) is 6.07 Å². The molecule has 0 saturated carbocycles. The molecule has 0 atom stereocenters. The Morgan fingerprint density at radius 1 is 1.29 bits per heavy atom. The summed E-state index contributed by atoms with van der Waals surface area (Å²) in [5, 5.41) is 2.24. The molecule has 1 rings (SSSR count). The van der Waals surface area contributed by atoms with Crippen LogP contribution in [0.15, 0.2) is 18.2 Å². The van der Waals surface area contributed by atoms with Crippen LogP contribution in [0.25, 0.3) is 0 Å². The molecular formula is C13H16Br2ClF. The molecule has 0 fully saturated rings. The van der Waals surface area contributed by atoms with Gasteiger partial charge in [0.2, 0.25) is 0 Å². The molecule has 1 aromatic rings. The summed E-state index contributed by atoms with van der Waals surface area (Å²) in [4.78, 5) is 0. The number of alkyl halides is 2. The van der Waals surface area contributed by atoms with Gasteiger partial charge in [0.1, 0.15) is 5.82 Å². The second-order valence-corrected chi connectivity index (χ2v) is 6.25. The second kappa shape index (κ2) is 6.53. The fourth-order valence-corrected chi connectivity index (χ4v) is 4.52. The molecule has 0 radical (unpaired) electrons. The van der Waals surface area contributed by atoms with E-state index in [2.05, 4.69) is 45.7 Å². The van der Waals surface area contributed by atoms with Crippen LogP contribution in [0.5, 0.6) is 0 Å². The van der Waals surface area contributed by atoms with Gasteiger partial charge in [-0.25, -0.2) is 4.39 Å². The third kappa shape index (κ3) is 3.68. The van der Waals surface area contributed by atoms with E-state index in [1.54, 1.807) is 12.1 Å². The molecule has 17 heavy (non-hydrogen) atoms. The van der Waals surface area contributed by atoms with Gasteiger partial charge < -0.3 is 0 Å². The van der Waals surface area contributed by atoms with E-state index in [9.17, 15) is 4.39 Å². The number of hydrogen-bond acceptors (Lipinski definition) is 0. The summed E-state index contributed by atoms with van der Waals surface area (Å²) in [6.45, 7) is 4.32. The second-order valence-electron chi connectivity index (χ2n) is 4.70. The zero-order valence-corrected chi connectivity index (χ0v) is 13.9. The van der Waals surface area contributed by atoms with Gasteiger partial charge >= 0.3 is 0 Å². The Bertz CT molecular complexity index is 376. The lowest BCUT2D eigenvalue weighted by atomic mass is 9.76. The zero-order chi connectivity index (χ0) is 13.1. The Morgan fingerprint density at radius 3 is 2.35 bits per heavy atom. The van der Waals surface area contributed by atoms with E-state index < -0.39 is 0 Å². The first-order valence-corrected chi connectivity index (χ1v) is 8.13. The molecule has 0 aromatic heterocycles. The first-order chi connectivity index (χ1) is 7.95. The third-order valence-corrected chi connectivity index (χ3v) is 5.78. The first-order valence-electron chi connectivity index (χ1n) is 5.51. The van der Waals surface area contributed by atoms with E-state index in [0.29, 0.717) is 22.9 Å². The average molecular weight is 387 g/mol.